The van der Waals surface area contributed by atoms with Crippen LogP contribution in [0.2, 0.25) is 0 Å². The zero-order valence-electron chi connectivity index (χ0n) is 12.2. The molecule has 21 heavy (non-hydrogen) atoms. The highest BCUT2D eigenvalue weighted by molar-refractivity contribution is 5.85. The van der Waals surface area contributed by atoms with Gasteiger partial charge in [-0.3, -0.25) is 4.90 Å². The van der Waals surface area contributed by atoms with Crippen molar-refractivity contribution in [2.24, 2.45) is 0 Å². The maximum Gasteiger partial charge on any atom is 0.0546 e. The first-order valence-electron chi connectivity index (χ1n) is 7.80. The normalized spacial score (nSPS) is 21.1. The smallest absolute Gasteiger partial charge is 0.0546 e. The van der Waals surface area contributed by atoms with Crippen molar-refractivity contribution in [1.82, 2.24) is 14.9 Å². The van der Waals surface area contributed by atoms with Crippen molar-refractivity contribution in [2.75, 3.05) is 6.54 Å². The van der Waals surface area contributed by atoms with Gasteiger partial charge in [0.25, 0.3) is 0 Å². The minimum atomic E-state index is 0.522. The van der Waals surface area contributed by atoms with Gasteiger partial charge in [-0.1, -0.05) is 18.2 Å². The van der Waals surface area contributed by atoms with Gasteiger partial charge in [0, 0.05) is 41.1 Å². The number of hydrogen-bond acceptors (Lipinski definition) is 1. The molecule has 0 unspecified atom stereocenters. The molecule has 3 nitrogen and oxygen atoms in total. The molecule has 2 aliphatic rings. The molecule has 1 atom stereocenters. The molecular formula is C18H19N3. The van der Waals surface area contributed by atoms with Crippen molar-refractivity contribution in [2.45, 2.75) is 32.4 Å². The summed E-state index contributed by atoms with van der Waals surface area (Å²) in [6.45, 7) is 4.39. The predicted octanol–water partition coefficient (Wildman–Crippen LogP) is 3.46. The molecule has 2 aliphatic heterocycles. The molecule has 106 valence electrons. The van der Waals surface area contributed by atoms with Crippen molar-refractivity contribution in [3.05, 3.63) is 58.5 Å². The minimum absolute atomic E-state index is 0.522. The van der Waals surface area contributed by atoms with E-state index in [9.17, 15) is 0 Å². The van der Waals surface area contributed by atoms with E-state index in [4.69, 9.17) is 0 Å². The van der Waals surface area contributed by atoms with Gasteiger partial charge in [-0.2, -0.15) is 0 Å². The van der Waals surface area contributed by atoms with Gasteiger partial charge in [0.15, 0.2) is 0 Å². The van der Waals surface area contributed by atoms with Crippen LogP contribution < -0.4 is 0 Å². The number of hydrogen-bond donors (Lipinski definition) is 2. The number of aryl methyl sites for hydroxylation is 1. The fraction of sp³-hybridized carbons (Fsp3) is 0.333. The van der Waals surface area contributed by atoms with Gasteiger partial charge < -0.3 is 9.97 Å². The Hall–Kier alpha value is -2.00. The van der Waals surface area contributed by atoms with E-state index in [0.717, 1.165) is 13.0 Å². The highest BCUT2D eigenvalue weighted by atomic mass is 15.2. The first kappa shape index (κ1) is 11.6. The topological polar surface area (TPSA) is 34.8 Å². The zero-order valence-corrected chi connectivity index (χ0v) is 12.2. The van der Waals surface area contributed by atoms with Crippen LogP contribution in [-0.2, 0) is 19.4 Å². The standard InChI is InChI=1S/C18H19N3/c1-11-8-12-6-7-21-10-16-14(9-17(21)18(12)19-11)13-4-2-3-5-15(13)20-16/h2-5,8,17,19-20H,6-7,9-10H2,1H3/t17-/m0/s1. The largest absolute Gasteiger partial charge is 0.361 e. The lowest BCUT2D eigenvalue weighted by Crippen LogP contribution is -2.39. The van der Waals surface area contributed by atoms with E-state index >= 15 is 0 Å². The Morgan fingerprint density at radius 1 is 1.19 bits per heavy atom. The van der Waals surface area contributed by atoms with Crippen LogP contribution in [-0.4, -0.2) is 21.4 Å². The average Bonchev–Trinajstić information content (AvgIpc) is 3.04. The van der Waals surface area contributed by atoms with E-state index in [-0.39, 0.29) is 0 Å². The Balaban J connectivity index is 1.66. The summed E-state index contributed by atoms with van der Waals surface area (Å²) in [5.74, 6) is 0. The molecule has 4 heterocycles. The number of nitrogens with zero attached hydrogens (tertiary/aromatic N) is 1. The zero-order chi connectivity index (χ0) is 14.0. The first-order chi connectivity index (χ1) is 10.3. The lowest BCUT2D eigenvalue weighted by atomic mass is 9.89. The van der Waals surface area contributed by atoms with E-state index in [0.29, 0.717) is 6.04 Å². The fourth-order valence-corrected chi connectivity index (χ4v) is 4.22. The number of para-hydroxylation sites is 1. The molecule has 3 aromatic rings. The van der Waals surface area contributed by atoms with Crippen LogP contribution in [0.3, 0.4) is 0 Å². The van der Waals surface area contributed by atoms with E-state index in [2.05, 4.69) is 52.1 Å². The van der Waals surface area contributed by atoms with Crippen molar-refractivity contribution in [3.63, 3.8) is 0 Å². The van der Waals surface area contributed by atoms with Gasteiger partial charge >= 0.3 is 0 Å². The molecule has 0 fully saturated rings. The molecule has 2 N–H and O–H groups in total. The van der Waals surface area contributed by atoms with Crippen LogP contribution >= 0.6 is 0 Å². The van der Waals surface area contributed by atoms with Crippen LogP contribution in [0.1, 0.15) is 34.3 Å². The third-order valence-corrected chi connectivity index (χ3v) is 5.17. The highest BCUT2D eigenvalue weighted by Crippen LogP contribution is 2.40. The Bertz CT molecular complexity index is 839. The maximum absolute atomic E-state index is 3.63. The van der Waals surface area contributed by atoms with E-state index in [1.54, 1.807) is 0 Å². The average molecular weight is 277 g/mol. The van der Waals surface area contributed by atoms with E-state index < -0.39 is 0 Å². The van der Waals surface area contributed by atoms with Crippen LogP contribution in [0.5, 0.6) is 0 Å². The first-order valence-corrected chi connectivity index (χ1v) is 7.80. The number of H-pyrrole nitrogens is 2. The molecule has 5 rings (SSSR count). The number of nitrogens with one attached hydrogen (secondary N) is 2. The predicted molar refractivity (Wildman–Crippen MR) is 84.4 cm³/mol. The SMILES string of the molecule is Cc1cc2c([nH]1)[C@@H]1Cc3c([nH]c4ccccc34)CN1CC2. The summed E-state index contributed by atoms with van der Waals surface area (Å²) >= 11 is 0. The molecule has 0 aliphatic carbocycles. The monoisotopic (exact) mass is 277 g/mol. The molecule has 0 spiro atoms. The quantitative estimate of drug-likeness (QED) is 0.648. The molecule has 0 radical (unpaired) electrons. The Morgan fingerprint density at radius 3 is 3.05 bits per heavy atom. The van der Waals surface area contributed by atoms with Crippen LogP contribution in [0.4, 0.5) is 0 Å². The summed E-state index contributed by atoms with van der Waals surface area (Å²) < 4.78 is 0. The Kier molecular flexibility index (Phi) is 2.22. The second-order valence-corrected chi connectivity index (χ2v) is 6.46. The molecule has 0 amide bonds. The van der Waals surface area contributed by atoms with Gasteiger partial charge in [-0.05, 0) is 43.0 Å². The Morgan fingerprint density at radius 2 is 2.10 bits per heavy atom. The molecule has 0 saturated heterocycles. The summed E-state index contributed by atoms with van der Waals surface area (Å²) in [6, 6.07) is 11.6. The van der Waals surface area contributed by atoms with Crippen molar-refractivity contribution < 1.29 is 0 Å². The molecule has 2 aromatic heterocycles. The van der Waals surface area contributed by atoms with Gasteiger partial charge in [0.2, 0.25) is 0 Å². The molecule has 1 aromatic carbocycles. The van der Waals surface area contributed by atoms with Crippen molar-refractivity contribution >= 4 is 10.9 Å². The maximum atomic E-state index is 3.63. The van der Waals surface area contributed by atoms with Crippen molar-refractivity contribution in [3.8, 4) is 0 Å². The summed E-state index contributed by atoms with van der Waals surface area (Å²) in [4.78, 5) is 9.86. The second kappa shape index (κ2) is 4.01. The van der Waals surface area contributed by atoms with Crippen LogP contribution in [0.25, 0.3) is 10.9 Å². The lowest BCUT2D eigenvalue weighted by Gasteiger charge is -2.39. The number of benzene rings is 1. The highest BCUT2D eigenvalue weighted by Gasteiger charge is 2.34. The minimum Gasteiger partial charge on any atom is -0.361 e. The van der Waals surface area contributed by atoms with Gasteiger partial charge in [-0.15, -0.1) is 0 Å². The summed E-state index contributed by atoms with van der Waals surface area (Å²) in [5, 5.41) is 1.41. The lowest BCUT2D eigenvalue weighted by molar-refractivity contribution is 0.156. The molecule has 0 bridgehead atoms. The summed E-state index contributed by atoms with van der Waals surface area (Å²) in [6.07, 6.45) is 2.29. The molecular weight excluding hydrogens is 258 g/mol. The van der Waals surface area contributed by atoms with Gasteiger partial charge in [-0.25, -0.2) is 0 Å². The number of fused-ring (bicyclic) bond motifs is 6. The summed E-state index contributed by atoms with van der Waals surface area (Å²) in [7, 11) is 0. The van der Waals surface area contributed by atoms with Crippen molar-refractivity contribution in [1.29, 1.82) is 0 Å². The van der Waals surface area contributed by atoms with Crippen LogP contribution in [0, 0.1) is 6.92 Å². The van der Waals surface area contributed by atoms with E-state index in [1.807, 2.05) is 0 Å². The molecule has 3 heteroatoms. The number of rotatable bonds is 0. The van der Waals surface area contributed by atoms with E-state index in [1.165, 1.54) is 52.1 Å². The van der Waals surface area contributed by atoms with Crippen LogP contribution in [0.15, 0.2) is 30.3 Å². The Labute approximate surface area is 124 Å². The number of aromatic nitrogens is 2. The fourth-order valence-electron chi connectivity index (χ4n) is 4.22. The third kappa shape index (κ3) is 1.58. The number of aromatic amines is 2. The van der Waals surface area contributed by atoms with Gasteiger partial charge in [0.1, 0.15) is 0 Å². The summed E-state index contributed by atoms with van der Waals surface area (Å²) in [5.41, 5.74) is 8.50. The second-order valence-electron chi connectivity index (χ2n) is 6.46. The molecule has 0 saturated carbocycles. The third-order valence-electron chi connectivity index (χ3n) is 5.17. The van der Waals surface area contributed by atoms with Gasteiger partial charge in [0.05, 0.1) is 6.04 Å².